The lowest BCUT2D eigenvalue weighted by Gasteiger charge is -2.25. The molecule has 4 heteroatoms. The maximum atomic E-state index is 5.01. The molecule has 1 atom stereocenters. The van der Waals surface area contributed by atoms with Crippen LogP contribution in [0, 0.1) is 12.8 Å². The van der Waals surface area contributed by atoms with Gasteiger partial charge in [-0.15, -0.1) is 0 Å². The summed E-state index contributed by atoms with van der Waals surface area (Å²) in [5, 5.41) is 7.29. The van der Waals surface area contributed by atoms with Gasteiger partial charge in [-0.05, 0) is 26.3 Å². The van der Waals surface area contributed by atoms with Gasteiger partial charge in [-0.1, -0.05) is 18.0 Å². The first kappa shape index (κ1) is 9.65. The standard InChI is InChI=1S/C10H17N3O/c1-7-12-9(13-14-7)10(2,11-3)6-8-4-5-8/h8,11H,4-6H2,1-3H3. The van der Waals surface area contributed by atoms with Gasteiger partial charge in [0, 0.05) is 6.92 Å². The van der Waals surface area contributed by atoms with E-state index in [4.69, 9.17) is 4.52 Å². The summed E-state index contributed by atoms with van der Waals surface area (Å²) < 4.78 is 5.01. The van der Waals surface area contributed by atoms with Gasteiger partial charge >= 0.3 is 0 Å². The van der Waals surface area contributed by atoms with Gasteiger partial charge in [-0.3, -0.25) is 0 Å². The van der Waals surface area contributed by atoms with Crippen molar-refractivity contribution in [1.82, 2.24) is 15.5 Å². The minimum Gasteiger partial charge on any atom is -0.340 e. The Morgan fingerprint density at radius 3 is 2.71 bits per heavy atom. The van der Waals surface area contributed by atoms with Crippen LogP contribution in [0.2, 0.25) is 0 Å². The van der Waals surface area contributed by atoms with E-state index >= 15 is 0 Å². The minimum atomic E-state index is -0.126. The van der Waals surface area contributed by atoms with E-state index in [1.165, 1.54) is 12.8 Å². The van der Waals surface area contributed by atoms with E-state index in [2.05, 4.69) is 22.4 Å². The highest BCUT2D eigenvalue weighted by Crippen LogP contribution is 2.39. The Balaban J connectivity index is 2.16. The second-order valence-corrected chi connectivity index (χ2v) is 4.37. The molecule has 0 aromatic carbocycles. The highest BCUT2D eigenvalue weighted by Gasteiger charge is 2.36. The van der Waals surface area contributed by atoms with Crippen LogP contribution in [-0.2, 0) is 5.54 Å². The van der Waals surface area contributed by atoms with E-state index in [-0.39, 0.29) is 5.54 Å². The van der Waals surface area contributed by atoms with Crippen molar-refractivity contribution in [1.29, 1.82) is 0 Å². The molecule has 2 rings (SSSR count). The Morgan fingerprint density at radius 1 is 1.57 bits per heavy atom. The molecule has 1 aromatic rings. The highest BCUT2D eigenvalue weighted by molar-refractivity contribution is 5.04. The fourth-order valence-electron chi connectivity index (χ4n) is 1.73. The second kappa shape index (κ2) is 3.35. The van der Waals surface area contributed by atoms with Crippen molar-refractivity contribution in [3.05, 3.63) is 11.7 Å². The van der Waals surface area contributed by atoms with Crippen molar-refractivity contribution in [3.8, 4) is 0 Å². The second-order valence-electron chi connectivity index (χ2n) is 4.37. The first-order chi connectivity index (χ1) is 6.64. The van der Waals surface area contributed by atoms with E-state index in [9.17, 15) is 0 Å². The van der Waals surface area contributed by atoms with E-state index in [0.717, 1.165) is 18.2 Å². The summed E-state index contributed by atoms with van der Waals surface area (Å²) in [5.41, 5.74) is -0.126. The molecule has 0 spiro atoms. The molecule has 0 saturated heterocycles. The summed E-state index contributed by atoms with van der Waals surface area (Å²) in [6, 6.07) is 0. The third kappa shape index (κ3) is 1.80. The summed E-state index contributed by atoms with van der Waals surface area (Å²) >= 11 is 0. The minimum absolute atomic E-state index is 0.126. The summed E-state index contributed by atoms with van der Waals surface area (Å²) in [5.74, 6) is 2.26. The molecule has 1 aliphatic carbocycles. The zero-order valence-electron chi connectivity index (χ0n) is 9.00. The van der Waals surface area contributed by atoms with Crippen LogP contribution in [0.15, 0.2) is 4.52 Å². The molecule has 1 aliphatic rings. The molecule has 0 aliphatic heterocycles. The Hall–Kier alpha value is -0.900. The Morgan fingerprint density at radius 2 is 2.29 bits per heavy atom. The molecule has 1 saturated carbocycles. The largest absolute Gasteiger partial charge is 0.340 e. The van der Waals surface area contributed by atoms with Gasteiger partial charge in [-0.2, -0.15) is 4.98 Å². The lowest BCUT2D eigenvalue weighted by molar-refractivity contribution is 0.306. The average Bonchev–Trinajstić information content (AvgIpc) is 2.85. The van der Waals surface area contributed by atoms with Crippen LogP contribution in [0.25, 0.3) is 0 Å². The van der Waals surface area contributed by atoms with E-state index in [0.29, 0.717) is 5.89 Å². The molecule has 0 bridgehead atoms. The van der Waals surface area contributed by atoms with Crippen LogP contribution in [0.1, 0.15) is 37.9 Å². The van der Waals surface area contributed by atoms with E-state index in [1.54, 1.807) is 0 Å². The van der Waals surface area contributed by atoms with Crippen molar-refractivity contribution in [2.24, 2.45) is 5.92 Å². The predicted molar refractivity (Wildman–Crippen MR) is 52.8 cm³/mol. The van der Waals surface area contributed by atoms with Gasteiger partial charge in [0.15, 0.2) is 5.82 Å². The summed E-state index contributed by atoms with van der Waals surface area (Å²) in [6.45, 7) is 3.96. The van der Waals surface area contributed by atoms with Gasteiger partial charge in [0.1, 0.15) is 0 Å². The number of rotatable bonds is 4. The molecule has 78 valence electrons. The topological polar surface area (TPSA) is 51.0 Å². The average molecular weight is 195 g/mol. The number of aromatic nitrogens is 2. The molecule has 1 unspecified atom stereocenters. The Bertz CT molecular complexity index is 319. The number of hydrogen-bond acceptors (Lipinski definition) is 4. The molecule has 0 radical (unpaired) electrons. The lowest BCUT2D eigenvalue weighted by Crippen LogP contribution is -2.38. The zero-order chi connectivity index (χ0) is 10.2. The third-order valence-corrected chi connectivity index (χ3v) is 2.97. The van der Waals surface area contributed by atoms with Crippen molar-refractivity contribution in [2.75, 3.05) is 7.05 Å². The monoisotopic (exact) mass is 195 g/mol. The molecular formula is C10H17N3O. The predicted octanol–water partition coefficient (Wildman–Crippen LogP) is 1.61. The number of nitrogens with zero attached hydrogens (tertiary/aromatic N) is 2. The molecule has 0 amide bonds. The smallest absolute Gasteiger partial charge is 0.223 e. The van der Waals surface area contributed by atoms with Gasteiger partial charge in [0.05, 0.1) is 5.54 Å². The van der Waals surface area contributed by atoms with Crippen molar-refractivity contribution in [2.45, 2.75) is 38.6 Å². The quantitative estimate of drug-likeness (QED) is 0.793. The Labute approximate surface area is 84.1 Å². The summed E-state index contributed by atoms with van der Waals surface area (Å²) in [6.07, 6.45) is 3.78. The van der Waals surface area contributed by atoms with Gasteiger partial charge in [0.2, 0.25) is 5.89 Å². The lowest BCUT2D eigenvalue weighted by atomic mass is 9.94. The summed E-state index contributed by atoms with van der Waals surface area (Å²) in [4.78, 5) is 4.29. The van der Waals surface area contributed by atoms with Crippen LogP contribution in [-0.4, -0.2) is 17.2 Å². The van der Waals surface area contributed by atoms with Crippen LogP contribution < -0.4 is 5.32 Å². The van der Waals surface area contributed by atoms with Crippen LogP contribution in [0.3, 0.4) is 0 Å². The molecular weight excluding hydrogens is 178 g/mol. The maximum absolute atomic E-state index is 5.01. The maximum Gasteiger partial charge on any atom is 0.223 e. The SMILES string of the molecule is CNC(C)(CC1CC1)c1noc(C)n1. The van der Waals surface area contributed by atoms with Gasteiger partial charge < -0.3 is 9.84 Å². The van der Waals surface area contributed by atoms with E-state index < -0.39 is 0 Å². The van der Waals surface area contributed by atoms with Gasteiger partial charge in [-0.25, -0.2) is 0 Å². The first-order valence-electron chi connectivity index (χ1n) is 5.14. The summed E-state index contributed by atoms with van der Waals surface area (Å²) in [7, 11) is 1.95. The Kier molecular flexibility index (Phi) is 2.31. The first-order valence-corrected chi connectivity index (χ1v) is 5.14. The third-order valence-electron chi connectivity index (χ3n) is 2.97. The number of aryl methyl sites for hydroxylation is 1. The molecule has 1 aromatic heterocycles. The van der Waals surface area contributed by atoms with Crippen LogP contribution in [0.4, 0.5) is 0 Å². The number of hydrogen-bond donors (Lipinski definition) is 1. The molecule has 1 fully saturated rings. The molecule has 14 heavy (non-hydrogen) atoms. The zero-order valence-corrected chi connectivity index (χ0v) is 9.00. The van der Waals surface area contributed by atoms with Crippen molar-refractivity contribution < 1.29 is 4.52 Å². The highest BCUT2D eigenvalue weighted by atomic mass is 16.5. The van der Waals surface area contributed by atoms with Gasteiger partial charge in [0.25, 0.3) is 0 Å². The number of nitrogens with one attached hydrogen (secondary N) is 1. The fourth-order valence-corrected chi connectivity index (χ4v) is 1.73. The van der Waals surface area contributed by atoms with Crippen molar-refractivity contribution in [3.63, 3.8) is 0 Å². The van der Waals surface area contributed by atoms with Crippen LogP contribution in [0.5, 0.6) is 0 Å². The van der Waals surface area contributed by atoms with Crippen molar-refractivity contribution >= 4 is 0 Å². The molecule has 4 nitrogen and oxygen atoms in total. The normalized spacial score (nSPS) is 20.8. The fraction of sp³-hybridized carbons (Fsp3) is 0.800. The molecule has 1 heterocycles. The van der Waals surface area contributed by atoms with E-state index in [1.807, 2.05) is 14.0 Å². The molecule has 1 N–H and O–H groups in total. The van der Waals surface area contributed by atoms with Crippen LogP contribution >= 0.6 is 0 Å².